The number of halogens is 1. The molecule has 104 valence electrons. The zero-order valence-electron chi connectivity index (χ0n) is 11.4. The van der Waals surface area contributed by atoms with E-state index in [9.17, 15) is 9.18 Å². The van der Waals surface area contributed by atoms with Gasteiger partial charge in [-0.25, -0.2) is 4.39 Å². The van der Waals surface area contributed by atoms with Gasteiger partial charge in [-0.15, -0.1) is 0 Å². The lowest BCUT2D eigenvalue weighted by molar-refractivity contribution is 0.0737. The Morgan fingerprint density at radius 3 is 2.80 bits per heavy atom. The minimum atomic E-state index is -0.621. The summed E-state index contributed by atoms with van der Waals surface area (Å²) >= 11 is 0. The van der Waals surface area contributed by atoms with Crippen LogP contribution in [0.4, 0.5) is 10.1 Å². The lowest BCUT2D eigenvalue weighted by Gasteiger charge is -2.25. The number of benzene rings is 1. The molecule has 0 aliphatic heterocycles. The predicted octanol–water partition coefficient (Wildman–Crippen LogP) is 2.64. The second-order valence-electron chi connectivity index (χ2n) is 4.62. The van der Waals surface area contributed by atoms with E-state index in [1.165, 1.54) is 17.2 Å². The molecule has 0 bridgehead atoms. The molecule has 20 heavy (non-hydrogen) atoms. The van der Waals surface area contributed by atoms with Crippen LogP contribution in [0.3, 0.4) is 0 Å². The summed E-state index contributed by atoms with van der Waals surface area (Å²) in [6.45, 7) is 1.87. The Bertz CT molecular complexity index is 630. The molecule has 1 unspecified atom stereocenters. The Morgan fingerprint density at radius 2 is 2.15 bits per heavy atom. The van der Waals surface area contributed by atoms with E-state index in [-0.39, 0.29) is 17.5 Å². The second kappa shape index (κ2) is 5.69. The summed E-state index contributed by atoms with van der Waals surface area (Å²) in [5.41, 5.74) is 7.28. The molecular weight excluding hydrogens is 257 g/mol. The van der Waals surface area contributed by atoms with Gasteiger partial charge in [-0.1, -0.05) is 12.1 Å². The SMILES string of the molecule is CC(c1cccc(N)c1)N(C)C(=O)c1ccncc1F. The molecule has 0 saturated heterocycles. The van der Waals surface area contributed by atoms with Crippen molar-refractivity contribution in [2.45, 2.75) is 13.0 Å². The fraction of sp³-hybridized carbons (Fsp3) is 0.200. The maximum absolute atomic E-state index is 13.6. The van der Waals surface area contributed by atoms with Gasteiger partial charge in [0.1, 0.15) is 0 Å². The average Bonchev–Trinajstić information content (AvgIpc) is 2.45. The zero-order chi connectivity index (χ0) is 14.7. The quantitative estimate of drug-likeness (QED) is 0.874. The van der Waals surface area contributed by atoms with Gasteiger partial charge in [0.2, 0.25) is 0 Å². The van der Waals surface area contributed by atoms with Gasteiger partial charge >= 0.3 is 0 Å². The molecule has 2 rings (SSSR count). The number of hydrogen-bond acceptors (Lipinski definition) is 3. The topological polar surface area (TPSA) is 59.2 Å². The molecule has 2 N–H and O–H groups in total. The molecule has 2 aromatic rings. The maximum atomic E-state index is 13.6. The zero-order valence-corrected chi connectivity index (χ0v) is 11.4. The molecule has 0 fully saturated rings. The van der Waals surface area contributed by atoms with Gasteiger partial charge in [0, 0.05) is 18.9 Å². The van der Waals surface area contributed by atoms with Gasteiger partial charge in [0.25, 0.3) is 5.91 Å². The second-order valence-corrected chi connectivity index (χ2v) is 4.62. The van der Waals surface area contributed by atoms with Crippen LogP contribution < -0.4 is 5.73 Å². The number of nitrogen functional groups attached to an aromatic ring is 1. The normalized spacial score (nSPS) is 11.9. The fourth-order valence-corrected chi connectivity index (χ4v) is 1.96. The van der Waals surface area contributed by atoms with Gasteiger partial charge in [-0.05, 0) is 30.7 Å². The molecule has 0 aliphatic rings. The number of carbonyl (C=O) groups is 1. The molecule has 0 spiro atoms. The first-order valence-corrected chi connectivity index (χ1v) is 6.23. The maximum Gasteiger partial charge on any atom is 0.257 e. The summed E-state index contributed by atoms with van der Waals surface area (Å²) in [6.07, 6.45) is 2.43. The number of aromatic nitrogens is 1. The van der Waals surface area contributed by atoms with E-state index >= 15 is 0 Å². The van der Waals surface area contributed by atoms with Crippen molar-refractivity contribution < 1.29 is 9.18 Å². The molecule has 1 heterocycles. The minimum absolute atomic E-state index is 0.0123. The first-order chi connectivity index (χ1) is 9.50. The lowest BCUT2D eigenvalue weighted by atomic mass is 10.1. The average molecular weight is 273 g/mol. The first-order valence-electron chi connectivity index (χ1n) is 6.23. The number of hydrogen-bond donors (Lipinski definition) is 1. The molecule has 1 aromatic carbocycles. The van der Waals surface area contributed by atoms with Crippen molar-refractivity contribution >= 4 is 11.6 Å². The summed E-state index contributed by atoms with van der Waals surface area (Å²) in [4.78, 5) is 17.4. The Morgan fingerprint density at radius 1 is 1.40 bits per heavy atom. The summed E-state index contributed by atoms with van der Waals surface area (Å²) < 4.78 is 13.6. The van der Waals surface area contributed by atoms with Crippen LogP contribution in [-0.2, 0) is 0 Å². The van der Waals surface area contributed by atoms with Crippen LogP contribution in [0.15, 0.2) is 42.7 Å². The third kappa shape index (κ3) is 2.77. The van der Waals surface area contributed by atoms with Crippen molar-refractivity contribution in [2.24, 2.45) is 0 Å². The van der Waals surface area contributed by atoms with E-state index in [0.717, 1.165) is 11.8 Å². The molecule has 1 aromatic heterocycles. The summed E-state index contributed by atoms with van der Waals surface area (Å²) in [7, 11) is 1.63. The van der Waals surface area contributed by atoms with E-state index in [0.29, 0.717) is 5.69 Å². The van der Waals surface area contributed by atoms with Gasteiger partial charge < -0.3 is 10.6 Å². The van der Waals surface area contributed by atoms with Crippen molar-refractivity contribution in [2.75, 3.05) is 12.8 Å². The third-order valence-corrected chi connectivity index (χ3v) is 3.30. The van der Waals surface area contributed by atoms with E-state index < -0.39 is 5.82 Å². The number of anilines is 1. The largest absolute Gasteiger partial charge is 0.399 e. The molecular formula is C15H16FN3O. The predicted molar refractivity (Wildman–Crippen MR) is 75.6 cm³/mol. The van der Waals surface area contributed by atoms with E-state index in [4.69, 9.17) is 5.73 Å². The van der Waals surface area contributed by atoms with Gasteiger partial charge in [-0.2, -0.15) is 0 Å². The van der Waals surface area contributed by atoms with Crippen molar-refractivity contribution in [3.8, 4) is 0 Å². The van der Waals surface area contributed by atoms with E-state index in [1.54, 1.807) is 19.2 Å². The van der Waals surface area contributed by atoms with Crippen molar-refractivity contribution in [3.05, 3.63) is 59.7 Å². The van der Waals surface area contributed by atoms with Crippen LogP contribution >= 0.6 is 0 Å². The Hall–Kier alpha value is -2.43. The number of carbonyl (C=O) groups excluding carboxylic acids is 1. The van der Waals surface area contributed by atoms with Crippen LogP contribution in [0.2, 0.25) is 0 Å². The standard InChI is InChI=1S/C15H16FN3O/c1-10(11-4-3-5-12(17)8-11)19(2)15(20)13-6-7-18-9-14(13)16/h3-10H,17H2,1-2H3. The number of nitrogens with two attached hydrogens (primary N) is 1. The van der Waals surface area contributed by atoms with Crippen molar-refractivity contribution in [1.29, 1.82) is 0 Å². The van der Waals surface area contributed by atoms with E-state index in [1.807, 2.05) is 19.1 Å². The summed E-state index contributed by atoms with van der Waals surface area (Å²) in [6, 6.07) is 8.46. The molecule has 1 amide bonds. The fourth-order valence-electron chi connectivity index (χ4n) is 1.96. The summed E-state index contributed by atoms with van der Waals surface area (Å²) in [5.74, 6) is -1.01. The highest BCUT2D eigenvalue weighted by Crippen LogP contribution is 2.22. The molecule has 5 heteroatoms. The van der Waals surface area contributed by atoms with Crippen LogP contribution in [0.25, 0.3) is 0 Å². The molecule has 0 aliphatic carbocycles. The smallest absolute Gasteiger partial charge is 0.257 e. The monoisotopic (exact) mass is 273 g/mol. The molecule has 4 nitrogen and oxygen atoms in total. The number of pyridine rings is 1. The Balaban J connectivity index is 2.25. The van der Waals surface area contributed by atoms with Crippen molar-refractivity contribution in [3.63, 3.8) is 0 Å². The van der Waals surface area contributed by atoms with Gasteiger partial charge in [0.15, 0.2) is 5.82 Å². The molecule has 0 saturated carbocycles. The molecule has 1 atom stereocenters. The van der Waals surface area contributed by atoms with Crippen LogP contribution in [0, 0.1) is 5.82 Å². The van der Waals surface area contributed by atoms with Crippen molar-refractivity contribution in [1.82, 2.24) is 9.88 Å². The highest BCUT2D eigenvalue weighted by atomic mass is 19.1. The van der Waals surface area contributed by atoms with Crippen LogP contribution in [0.1, 0.15) is 28.9 Å². The van der Waals surface area contributed by atoms with E-state index in [2.05, 4.69) is 4.98 Å². The van der Waals surface area contributed by atoms with Gasteiger partial charge in [-0.3, -0.25) is 9.78 Å². The highest BCUT2D eigenvalue weighted by Gasteiger charge is 2.21. The summed E-state index contributed by atoms with van der Waals surface area (Å²) in [5, 5.41) is 0. The number of amides is 1. The Kier molecular flexibility index (Phi) is 3.98. The van der Waals surface area contributed by atoms with Crippen LogP contribution in [-0.4, -0.2) is 22.8 Å². The van der Waals surface area contributed by atoms with Crippen LogP contribution in [0.5, 0.6) is 0 Å². The Labute approximate surface area is 117 Å². The number of nitrogens with zero attached hydrogens (tertiary/aromatic N) is 2. The van der Waals surface area contributed by atoms with Gasteiger partial charge in [0.05, 0.1) is 17.8 Å². The number of rotatable bonds is 3. The lowest BCUT2D eigenvalue weighted by Crippen LogP contribution is -2.30. The minimum Gasteiger partial charge on any atom is -0.399 e. The third-order valence-electron chi connectivity index (χ3n) is 3.30. The molecule has 0 radical (unpaired) electrons. The first kappa shape index (κ1) is 14.0. The highest BCUT2D eigenvalue weighted by molar-refractivity contribution is 5.94.